The van der Waals surface area contributed by atoms with E-state index in [0.717, 1.165) is 5.69 Å². The number of hydrogen-bond acceptors (Lipinski definition) is 4. The number of methoxy groups -OCH3 is 1. The predicted octanol–water partition coefficient (Wildman–Crippen LogP) is 2.70. The van der Waals surface area contributed by atoms with Crippen molar-refractivity contribution in [3.05, 3.63) is 30.3 Å². The molecule has 86 valence electrons. The van der Waals surface area contributed by atoms with Gasteiger partial charge in [-0.3, -0.25) is 0 Å². The fourth-order valence-electron chi connectivity index (χ4n) is 1.31. The number of rotatable bonds is 2. The lowest BCUT2D eigenvalue weighted by Crippen LogP contribution is -2.25. The maximum absolute atomic E-state index is 5.49. The Morgan fingerprint density at radius 3 is 2.50 bits per heavy atom. The first-order chi connectivity index (χ1) is 7.83. The van der Waals surface area contributed by atoms with Crippen molar-refractivity contribution in [1.82, 2.24) is 0 Å². The molecule has 1 aromatic rings. The number of anilines is 1. The van der Waals surface area contributed by atoms with Crippen LogP contribution in [0.5, 0.6) is 0 Å². The summed E-state index contributed by atoms with van der Waals surface area (Å²) >= 11 is 5.16. The molecule has 1 aliphatic heterocycles. The molecule has 1 heterocycles. The molecule has 1 aromatic carbocycles. The number of para-hydroxylation sites is 1. The Morgan fingerprint density at radius 2 is 1.94 bits per heavy atom. The normalized spacial score (nSPS) is 16.1. The highest BCUT2D eigenvalue weighted by Gasteiger charge is 2.30. The van der Waals surface area contributed by atoms with Crippen molar-refractivity contribution < 1.29 is 13.8 Å². The molecule has 0 amide bonds. The molecule has 0 saturated carbocycles. The van der Waals surface area contributed by atoms with Gasteiger partial charge in [0.1, 0.15) is 0 Å². The van der Waals surface area contributed by atoms with Crippen molar-refractivity contribution in [2.45, 2.75) is 0 Å². The van der Waals surface area contributed by atoms with Crippen LogP contribution in [-0.4, -0.2) is 25.5 Å². The molecule has 0 aliphatic carbocycles. The van der Waals surface area contributed by atoms with Gasteiger partial charge in [0.15, 0.2) is 0 Å². The highest BCUT2D eigenvalue weighted by Crippen LogP contribution is 2.49. The van der Waals surface area contributed by atoms with Crippen molar-refractivity contribution in [1.29, 1.82) is 0 Å². The van der Waals surface area contributed by atoms with Crippen LogP contribution in [0, 0.1) is 0 Å². The molecule has 6 heteroatoms. The van der Waals surface area contributed by atoms with E-state index >= 15 is 0 Å². The zero-order valence-electron chi connectivity index (χ0n) is 8.83. The topological polar surface area (TPSA) is 30.9 Å². The third-order valence-corrected chi connectivity index (χ3v) is 4.03. The van der Waals surface area contributed by atoms with Crippen LogP contribution in [0.2, 0.25) is 0 Å². The van der Waals surface area contributed by atoms with E-state index in [2.05, 4.69) is 0 Å². The van der Waals surface area contributed by atoms with E-state index in [9.17, 15) is 0 Å². The lowest BCUT2D eigenvalue weighted by molar-refractivity contribution is 0.365. The molecule has 16 heavy (non-hydrogen) atoms. The minimum Gasteiger partial charge on any atom is -0.474 e. The lowest BCUT2D eigenvalue weighted by Gasteiger charge is -2.26. The quantitative estimate of drug-likeness (QED) is 0.600. The van der Waals surface area contributed by atoms with E-state index in [1.807, 2.05) is 30.3 Å². The fourth-order valence-corrected chi connectivity index (χ4v) is 2.91. The zero-order chi connectivity index (χ0) is 11.4. The first-order valence-electron chi connectivity index (χ1n) is 4.82. The molecule has 2 rings (SSSR count). The molecule has 0 radical (unpaired) electrons. The van der Waals surface area contributed by atoms with Crippen LogP contribution < -0.4 is 4.67 Å². The summed E-state index contributed by atoms with van der Waals surface area (Å²) in [5.41, 5.74) is 0.919. The number of ether oxygens (including phenoxy) is 1. The van der Waals surface area contributed by atoms with Crippen molar-refractivity contribution in [2.75, 3.05) is 25.0 Å². The Balaban J connectivity index is 2.24. The second kappa shape index (κ2) is 5.55. The van der Waals surface area contributed by atoms with E-state index in [0.29, 0.717) is 18.4 Å². The summed E-state index contributed by atoms with van der Waals surface area (Å²) in [5, 5.41) is 0.360. The Morgan fingerprint density at radius 1 is 1.31 bits per heavy atom. The second-order valence-electron chi connectivity index (χ2n) is 3.02. The van der Waals surface area contributed by atoms with Crippen LogP contribution in [0.25, 0.3) is 0 Å². The number of thiocarbonyl (C=S) groups is 1. The minimum absolute atomic E-state index is 0.360. The first-order valence-corrected chi connectivity index (χ1v) is 6.36. The summed E-state index contributed by atoms with van der Waals surface area (Å²) < 4.78 is 17.9. The van der Waals surface area contributed by atoms with Gasteiger partial charge >= 0.3 is 0 Å². The summed E-state index contributed by atoms with van der Waals surface area (Å²) in [6.07, 6.45) is 0. The van der Waals surface area contributed by atoms with Gasteiger partial charge in [0, 0.05) is 0 Å². The molecular formula is C10H12NO3PS. The first kappa shape index (κ1) is 11.7. The van der Waals surface area contributed by atoms with Gasteiger partial charge in [-0.05, 0) is 24.4 Å². The van der Waals surface area contributed by atoms with Crippen molar-refractivity contribution in [3.63, 3.8) is 0 Å². The number of benzene rings is 1. The summed E-state index contributed by atoms with van der Waals surface area (Å²) in [6, 6.07) is 9.70. The average Bonchev–Trinajstić information content (AvgIpc) is 2.84. The van der Waals surface area contributed by atoms with Gasteiger partial charge in [-0.2, -0.15) is 0 Å². The molecular weight excluding hydrogens is 245 g/mol. The fraction of sp³-hybridized carbons (Fsp3) is 0.300. The molecule has 0 spiro atoms. The maximum atomic E-state index is 5.49. The molecule has 0 N–H and O–H groups in total. The van der Waals surface area contributed by atoms with E-state index in [1.165, 1.54) is 0 Å². The van der Waals surface area contributed by atoms with Gasteiger partial charge in [-0.25, -0.2) is 4.67 Å². The van der Waals surface area contributed by atoms with E-state index in [-0.39, 0.29) is 0 Å². The Hall–Kier alpha value is -0.740. The Bertz CT molecular complexity index is 356. The van der Waals surface area contributed by atoms with E-state index in [1.54, 1.807) is 11.8 Å². The summed E-state index contributed by atoms with van der Waals surface area (Å²) in [5.74, 6) is 0. The van der Waals surface area contributed by atoms with Gasteiger partial charge in [0.05, 0.1) is 26.0 Å². The molecule has 0 unspecified atom stereocenters. The largest absolute Gasteiger partial charge is 0.474 e. The van der Waals surface area contributed by atoms with Gasteiger partial charge < -0.3 is 13.8 Å². The predicted molar refractivity (Wildman–Crippen MR) is 67.4 cm³/mol. The average molecular weight is 257 g/mol. The van der Waals surface area contributed by atoms with E-state index in [4.69, 9.17) is 26.0 Å². The summed E-state index contributed by atoms with van der Waals surface area (Å²) in [4.78, 5) is 0. The zero-order valence-corrected chi connectivity index (χ0v) is 10.5. The second-order valence-corrected chi connectivity index (χ2v) is 4.76. The summed E-state index contributed by atoms with van der Waals surface area (Å²) in [7, 11) is 0.382. The van der Waals surface area contributed by atoms with Crippen LogP contribution in [0.3, 0.4) is 0 Å². The highest BCUT2D eigenvalue weighted by molar-refractivity contribution is 7.81. The third kappa shape index (κ3) is 2.50. The maximum Gasteiger partial charge on any atom is 0.298 e. The molecule has 1 fully saturated rings. The minimum atomic E-state index is -1.16. The van der Waals surface area contributed by atoms with Crippen molar-refractivity contribution >= 4 is 31.6 Å². The van der Waals surface area contributed by atoms with Gasteiger partial charge in [-0.15, -0.1) is 0 Å². The third-order valence-electron chi connectivity index (χ3n) is 2.00. The summed E-state index contributed by atoms with van der Waals surface area (Å²) in [6.45, 7) is 1.20. The molecule has 0 bridgehead atoms. The van der Waals surface area contributed by atoms with Crippen molar-refractivity contribution in [3.8, 4) is 0 Å². The van der Waals surface area contributed by atoms with Gasteiger partial charge in [-0.1, -0.05) is 18.2 Å². The van der Waals surface area contributed by atoms with Crippen LogP contribution in [0.1, 0.15) is 0 Å². The molecule has 1 aliphatic rings. The smallest absolute Gasteiger partial charge is 0.298 e. The Kier molecular flexibility index (Phi) is 4.07. The molecule has 4 nitrogen and oxygen atoms in total. The number of nitrogens with zero attached hydrogens (tertiary/aromatic N) is 1. The lowest BCUT2D eigenvalue weighted by atomic mass is 10.3. The Labute approximate surface area is 101 Å². The molecule has 0 aromatic heterocycles. The van der Waals surface area contributed by atoms with Gasteiger partial charge in [0.25, 0.3) is 13.7 Å². The van der Waals surface area contributed by atoms with Gasteiger partial charge in [0.2, 0.25) is 0 Å². The molecule has 0 atom stereocenters. The van der Waals surface area contributed by atoms with Crippen molar-refractivity contribution in [2.24, 2.45) is 0 Å². The number of hydrogen-bond donors (Lipinski definition) is 0. The van der Waals surface area contributed by atoms with E-state index < -0.39 is 8.53 Å². The molecule has 1 saturated heterocycles. The van der Waals surface area contributed by atoms with Crippen LogP contribution in [0.4, 0.5) is 5.69 Å². The highest BCUT2D eigenvalue weighted by atomic mass is 32.1. The van der Waals surface area contributed by atoms with Crippen LogP contribution >= 0.6 is 20.7 Å². The van der Waals surface area contributed by atoms with Crippen LogP contribution in [-0.2, 0) is 13.8 Å². The SMILES string of the molecule is COC(=S)N(c1ccccc1)P1OCCO1. The monoisotopic (exact) mass is 257 g/mol. The standard InChI is InChI=1S/C10H12NO3PS/c1-12-10(16)11(15-13-7-8-14-15)9-5-3-2-4-6-9/h2-6H,7-8H2,1H3. The van der Waals surface area contributed by atoms with Crippen LogP contribution in [0.15, 0.2) is 30.3 Å².